The Morgan fingerprint density at radius 3 is 1.75 bits per heavy atom. The molecule has 1 heterocycles. The monoisotopic (exact) mass is 419 g/mol. The highest BCUT2D eigenvalue weighted by molar-refractivity contribution is 6.24. The summed E-state index contributed by atoms with van der Waals surface area (Å²) < 4.78 is 11.2. The Labute approximate surface area is 185 Å². The Balaban J connectivity index is 1.55. The fraction of sp³-hybridized carbons (Fsp3) is 0.0741. The summed E-state index contributed by atoms with van der Waals surface area (Å²) in [5.41, 5.74) is 1.84. The van der Waals surface area contributed by atoms with Gasteiger partial charge >= 0.3 is 0 Å². The zero-order chi connectivity index (χ0) is 22.2. The first-order valence-corrected chi connectivity index (χ1v) is 9.86. The number of carbonyl (C=O) groups excluding carboxylic acids is 2. The molecule has 0 aliphatic heterocycles. The summed E-state index contributed by atoms with van der Waals surface area (Å²) in [6.07, 6.45) is 1.45. The number of hydrogen-bond donors (Lipinski definition) is 0. The van der Waals surface area contributed by atoms with Crippen molar-refractivity contribution in [2.45, 2.75) is 0 Å². The van der Waals surface area contributed by atoms with Crippen LogP contribution in [0.5, 0.6) is 0 Å². The van der Waals surface area contributed by atoms with E-state index < -0.39 is 11.6 Å². The number of ketones is 2. The number of fused-ring (bicyclic) bond motifs is 1. The van der Waals surface area contributed by atoms with E-state index in [9.17, 15) is 9.59 Å². The van der Waals surface area contributed by atoms with Crippen LogP contribution >= 0.6 is 0 Å². The van der Waals surface area contributed by atoms with Crippen LogP contribution in [0.2, 0.25) is 0 Å². The number of carbonyl (C=O) groups is 2. The lowest BCUT2D eigenvalue weighted by molar-refractivity contribution is 0.0793. The van der Waals surface area contributed by atoms with E-state index in [0.717, 1.165) is 11.1 Å². The first-order chi connectivity index (χ1) is 15.7. The lowest BCUT2D eigenvalue weighted by atomic mass is 9.97. The van der Waals surface area contributed by atoms with Crippen molar-refractivity contribution in [3.63, 3.8) is 0 Å². The fourth-order valence-corrected chi connectivity index (χ4v) is 3.00. The first-order valence-electron chi connectivity index (χ1n) is 9.86. The molecule has 3 aromatic rings. The Hall–Kier alpha value is -4.61. The van der Waals surface area contributed by atoms with E-state index in [4.69, 9.17) is 9.47 Å². The average Bonchev–Trinajstić information content (AvgIpc) is 2.85. The van der Waals surface area contributed by atoms with Gasteiger partial charge in [-0.05, 0) is 36.4 Å². The van der Waals surface area contributed by atoms with Crippen LogP contribution in [0.3, 0.4) is 0 Å². The first kappa shape index (κ1) is 20.7. The van der Waals surface area contributed by atoms with Crippen LogP contribution in [0.4, 0.5) is 0 Å². The summed E-state index contributed by atoms with van der Waals surface area (Å²) in [6.45, 7) is -0.171. The number of rotatable bonds is 4. The van der Waals surface area contributed by atoms with Gasteiger partial charge in [0, 0.05) is 17.3 Å². The number of Topliss-reactive ketones (excluding diaryl/α,β-unsaturated/α-hetero) is 2. The Morgan fingerprint density at radius 1 is 0.656 bits per heavy atom. The number of ether oxygens (including phenoxy) is 2. The van der Waals surface area contributed by atoms with Gasteiger partial charge in [-0.15, -0.1) is 0 Å². The highest BCUT2D eigenvalue weighted by Crippen LogP contribution is 2.26. The second kappa shape index (κ2) is 9.93. The number of pyridine rings is 1. The molecule has 5 nitrogen and oxygen atoms in total. The molecule has 1 aliphatic rings. The minimum atomic E-state index is -0.521. The quantitative estimate of drug-likeness (QED) is 0.602. The van der Waals surface area contributed by atoms with Gasteiger partial charge in [-0.1, -0.05) is 60.1 Å². The molecule has 0 radical (unpaired) electrons. The highest BCUT2D eigenvalue weighted by atomic mass is 16.5. The number of aromatic nitrogens is 1. The zero-order valence-electron chi connectivity index (χ0n) is 17.0. The zero-order valence-corrected chi connectivity index (χ0v) is 17.0. The van der Waals surface area contributed by atoms with E-state index in [1.165, 1.54) is 12.3 Å². The largest absolute Gasteiger partial charge is 0.473 e. The van der Waals surface area contributed by atoms with Crippen LogP contribution < -0.4 is 0 Å². The molecule has 0 saturated carbocycles. The van der Waals surface area contributed by atoms with Gasteiger partial charge < -0.3 is 9.47 Å². The van der Waals surface area contributed by atoms with E-state index in [1.54, 1.807) is 6.07 Å². The summed E-state index contributed by atoms with van der Waals surface area (Å²) in [5, 5.41) is 0. The van der Waals surface area contributed by atoms with E-state index in [-0.39, 0.29) is 36.0 Å². The van der Waals surface area contributed by atoms with Crippen LogP contribution in [0, 0.1) is 23.7 Å². The summed E-state index contributed by atoms with van der Waals surface area (Å²) in [4.78, 5) is 29.9. The van der Waals surface area contributed by atoms with E-state index in [2.05, 4.69) is 28.7 Å². The second-order valence-electron chi connectivity index (χ2n) is 6.63. The van der Waals surface area contributed by atoms with Gasteiger partial charge in [0.15, 0.2) is 0 Å². The molecule has 0 unspecified atom stereocenters. The van der Waals surface area contributed by atoms with Crippen LogP contribution in [0.25, 0.3) is 0 Å². The van der Waals surface area contributed by atoms with E-state index in [0.29, 0.717) is 0 Å². The lowest BCUT2D eigenvalue weighted by Gasteiger charge is -2.19. The molecule has 0 spiro atoms. The molecule has 0 N–H and O–H groups in total. The van der Waals surface area contributed by atoms with Gasteiger partial charge in [-0.25, -0.2) is 0 Å². The smallest absolute Gasteiger partial charge is 0.250 e. The average molecular weight is 419 g/mol. The third-order valence-electron chi connectivity index (χ3n) is 4.48. The second-order valence-corrected chi connectivity index (χ2v) is 6.63. The fourth-order valence-electron chi connectivity index (χ4n) is 3.00. The van der Waals surface area contributed by atoms with Gasteiger partial charge in [0.2, 0.25) is 17.3 Å². The number of allylic oxidation sites excluding steroid dienone is 2. The Kier molecular flexibility index (Phi) is 6.41. The van der Waals surface area contributed by atoms with Gasteiger partial charge in [-0.2, -0.15) is 0 Å². The predicted molar refractivity (Wildman–Crippen MR) is 118 cm³/mol. The van der Waals surface area contributed by atoms with Crippen LogP contribution in [0.1, 0.15) is 32.0 Å². The molecule has 32 heavy (non-hydrogen) atoms. The SMILES string of the molecule is O=C1C(OCC#Cc2ccccc2)=C(OCC#Cc2ccccc2)C(=O)c2ncccc21. The third-order valence-corrected chi connectivity index (χ3v) is 4.48. The van der Waals surface area contributed by atoms with Crippen molar-refractivity contribution in [2.24, 2.45) is 0 Å². The van der Waals surface area contributed by atoms with Gasteiger partial charge in [0.05, 0.1) is 5.56 Å². The lowest BCUT2D eigenvalue weighted by Crippen LogP contribution is -2.26. The molecule has 5 heteroatoms. The van der Waals surface area contributed by atoms with Gasteiger partial charge in [0.1, 0.15) is 18.9 Å². The van der Waals surface area contributed by atoms with Crippen molar-refractivity contribution in [3.8, 4) is 23.7 Å². The van der Waals surface area contributed by atoms with Crippen LogP contribution in [0.15, 0.2) is 90.5 Å². The number of hydrogen-bond acceptors (Lipinski definition) is 5. The van der Waals surface area contributed by atoms with Crippen molar-refractivity contribution >= 4 is 11.6 Å². The predicted octanol–water partition coefficient (Wildman–Crippen LogP) is 3.81. The minimum Gasteiger partial charge on any atom is -0.473 e. The maximum absolute atomic E-state index is 13.0. The molecule has 1 aromatic heterocycles. The van der Waals surface area contributed by atoms with Crippen LogP contribution in [-0.4, -0.2) is 29.8 Å². The summed E-state index contributed by atoms with van der Waals surface area (Å²) in [7, 11) is 0. The molecule has 0 fully saturated rings. The molecule has 0 bridgehead atoms. The van der Waals surface area contributed by atoms with E-state index in [1.807, 2.05) is 60.7 Å². The van der Waals surface area contributed by atoms with Crippen molar-refractivity contribution in [3.05, 3.63) is 113 Å². The molecular weight excluding hydrogens is 402 g/mol. The van der Waals surface area contributed by atoms with Crippen molar-refractivity contribution in [1.29, 1.82) is 0 Å². The summed E-state index contributed by atoms with van der Waals surface area (Å²) in [5.74, 6) is 10.2. The Bertz CT molecular complexity index is 1200. The minimum absolute atomic E-state index is 0.0336. The van der Waals surface area contributed by atoms with Crippen LogP contribution in [-0.2, 0) is 9.47 Å². The summed E-state index contributed by atoms with van der Waals surface area (Å²) in [6, 6.07) is 21.9. The molecule has 154 valence electrons. The molecule has 0 atom stereocenters. The molecule has 1 aliphatic carbocycles. The van der Waals surface area contributed by atoms with Gasteiger partial charge in [0.25, 0.3) is 5.78 Å². The van der Waals surface area contributed by atoms with Gasteiger partial charge in [-0.3, -0.25) is 14.6 Å². The normalized spacial score (nSPS) is 12.1. The number of benzene rings is 2. The van der Waals surface area contributed by atoms with Crippen molar-refractivity contribution in [1.82, 2.24) is 4.98 Å². The Morgan fingerprint density at radius 2 is 1.19 bits per heavy atom. The van der Waals surface area contributed by atoms with Crippen molar-refractivity contribution in [2.75, 3.05) is 13.2 Å². The van der Waals surface area contributed by atoms with E-state index >= 15 is 0 Å². The standard InChI is InChI=1S/C27H17NO4/c29-24-22-16-7-17-28-23(22)25(30)27(32-19-9-15-21-12-5-2-6-13-21)26(24)31-18-8-14-20-10-3-1-4-11-20/h1-7,10-13,16-17H,18-19H2. The molecule has 0 saturated heterocycles. The molecule has 2 aromatic carbocycles. The molecule has 4 rings (SSSR count). The maximum Gasteiger partial charge on any atom is 0.250 e. The highest BCUT2D eigenvalue weighted by Gasteiger charge is 2.36. The third kappa shape index (κ3) is 4.75. The maximum atomic E-state index is 13.0. The molecular formula is C27H17NO4. The van der Waals surface area contributed by atoms with Crippen molar-refractivity contribution < 1.29 is 19.1 Å². The number of nitrogens with zero attached hydrogens (tertiary/aromatic N) is 1. The summed E-state index contributed by atoms with van der Waals surface area (Å²) >= 11 is 0. The topological polar surface area (TPSA) is 65.5 Å². The molecule has 0 amide bonds.